The molecule has 1 aliphatic carbocycles. The molecule has 16 heavy (non-hydrogen) atoms. The zero-order valence-corrected chi connectivity index (χ0v) is 9.65. The number of benzene rings is 1. The molecule has 1 fully saturated rings. The van der Waals surface area contributed by atoms with Gasteiger partial charge in [-0.3, -0.25) is 0 Å². The Bertz CT molecular complexity index is 496. The maximum Gasteiger partial charge on any atom is 0.119 e. The number of nitrogens with zero attached hydrogens (tertiary/aromatic N) is 1. The van der Waals surface area contributed by atoms with Crippen molar-refractivity contribution >= 4 is 10.9 Å². The van der Waals surface area contributed by atoms with Crippen LogP contribution >= 0.6 is 0 Å². The van der Waals surface area contributed by atoms with Crippen molar-refractivity contribution in [1.29, 1.82) is 0 Å². The maximum atomic E-state index is 5.24. The molecule has 1 aromatic heterocycles. The number of ether oxygens (including phenoxy) is 1. The second kappa shape index (κ2) is 3.85. The van der Waals surface area contributed by atoms with Crippen molar-refractivity contribution in [2.24, 2.45) is 5.92 Å². The largest absolute Gasteiger partial charge is 0.497 e. The van der Waals surface area contributed by atoms with Crippen molar-refractivity contribution in [2.75, 3.05) is 7.11 Å². The lowest BCUT2D eigenvalue weighted by Gasteiger charge is -2.26. The topological polar surface area (TPSA) is 14.2 Å². The number of hydrogen-bond acceptors (Lipinski definition) is 1. The van der Waals surface area contributed by atoms with Gasteiger partial charge in [-0.25, -0.2) is 0 Å². The molecule has 0 atom stereocenters. The molecule has 0 N–H and O–H groups in total. The summed E-state index contributed by atoms with van der Waals surface area (Å²) in [6.45, 7) is 1.18. The van der Waals surface area contributed by atoms with Crippen LogP contribution in [0.25, 0.3) is 10.9 Å². The van der Waals surface area contributed by atoms with E-state index in [1.54, 1.807) is 7.11 Å². The summed E-state index contributed by atoms with van der Waals surface area (Å²) in [5, 5.41) is 1.28. The van der Waals surface area contributed by atoms with Gasteiger partial charge in [0.25, 0.3) is 0 Å². The Labute approximate surface area is 95.8 Å². The molecule has 0 unspecified atom stereocenters. The number of rotatable bonds is 3. The van der Waals surface area contributed by atoms with Gasteiger partial charge < -0.3 is 9.30 Å². The zero-order valence-electron chi connectivity index (χ0n) is 9.65. The first-order valence-corrected chi connectivity index (χ1v) is 6.00. The number of aromatic nitrogens is 1. The summed E-state index contributed by atoms with van der Waals surface area (Å²) < 4.78 is 7.61. The number of hydrogen-bond donors (Lipinski definition) is 0. The smallest absolute Gasteiger partial charge is 0.119 e. The van der Waals surface area contributed by atoms with Crippen LogP contribution in [-0.4, -0.2) is 11.7 Å². The average Bonchev–Trinajstić information content (AvgIpc) is 2.65. The lowest BCUT2D eigenvalue weighted by Crippen LogP contribution is -2.17. The van der Waals surface area contributed by atoms with E-state index >= 15 is 0 Å². The fourth-order valence-corrected chi connectivity index (χ4v) is 2.42. The molecule has 1 aromatic carbocycles. The summed E-state index contributed by atoms with van der Waals surface area (Å²) in [6.07, 6.45) is 6.41. The lowest BCUT2D eigenvalue weighted by molar-refractivity contribution is 0.280. The van der Waals surface area contributed by atoms with Gasteiger partial charge in [0.1, 0.15) is 5.75 Å². The summed E-state index contributed by atoms with van der Waals surface area (Å²) in [5.41, 5.74) is 1.33. The highest BCUT2D eigenvalue weighted by Crippen LogP contribution is 2.30. The van der Waals surface area contributed by atoms with Crippen molar-refractivity contribution in [3.05, 3.63) is 30.5 Å². The van der Waals surface area contributed by atoms with Crippen LogP contribution in [0, 0.1) is 5.92 Å². The van der Waals surface area contributed by atoms with Crippen molar-refractivity contribution in [1.82, 2.24) is 4.57 Å². The molecule has 84 valence electrons. The first-order valence-electron chi connectivity index (χ1n) is 6.00. The second-order valence-corrected chi connectivity index (χ2v) is 4.69. The Morgan fingerprint density at radius 2 is 2.19 bits per heavy atom. The standard InChI is InChI=1S/C14H17NO/c1-16-13-5-6-14-12(9-13)7-8-15(14)10-11-3-2-4-11/h5-9,11H,2-4,10H2,1H3. The van der Waals surface area contributed by atoms with Gasteiger partial charge in [-0.1, -0.05) is 6.42 Å². The quantitative estimate of drug-likeness (QED) is 0.765. The minimum atomic E-state index is 0.901. The monoisotopic (exact) mass is 215 g/mol. The van der Waals surface area contributed by atoms with Gasteiger partial charge in [0, 0.05) is 23.6 Å². The average molecular weight is 215 g/mol. The Morgan fingerprint density at radius 1 is 1.31 bits per heavy atom. The van der Waals surface area contributed by atoms with E-state index in [4.69, 9.17) is 4.74 Å². The predicted molar refractivity (Wildman–Crippen MR) is 65.8 cm³/mol. The molecule has 3 rings (SSSR count). The highest BCUT2D eigenvalue weighted by Gasteiger charge is 2.18. The van der Waals surface area contributed by atoms with Gasteiger partial charge in [-0.15, -0.1) is 0 Å². The zero-order chi connectivity index (χ0) is 11.0. The van der Waals surface area contributed by atoms with E-state index in [0.717, 1.165) is 11.7 Å². The Kier molecular flexibility index (Phi) is 2.35. The molecule has 1 saturated carbocycles. The molecule has 0 aliphatic heterocycles. The van der Waals surface area contributed by atoms with Gasteiger partial charge >= 0.3 is 0 Å². The van der Waals surface area contributed by atoms with Crippen molar-refractivity contribution in [3.8, 4) is 5.75 Å². The van der Waals surface area contributed by atoms with Crippen LogP contribution < -0.4 is 4.74 Å². The molecule has 0 radical (unpaired) electrons. The first kappa shape index (κ1) is 9.76. The van der Waals surface area contributed by atoms with E-state index in [-0.39, 0.29) is 0 Å². The SMILES string of the molecule is COc1ccc2c(ccn2CC2CCC2)c1. The summed E-state index contributed by atoms with van der Waals surface area (Å²) >= 11 is 0. The van der Waals surface area contributed by atoms with Crippen LogP contribution in [0.5, 0.6) is 5.75 Å². The molecule has 0 saturated heterocycles. The van der Waals surface area contributed by atoms with E-state index < -0.39 is 0 Å². The Morgan fingerprint density at radius 3 is 2.88 bits per heavy atom. The highest BCUT2D eigenvalue weighted by atomic mass is 16.5. The first-order chi connectivity index (χ1) is 7.86. The predicted octanol–water partition coefficient (Wildman–Crippen LogP) is 3.45. The third-order valence-electron chi connectivity index (χ3n) is 3.66. The van der Waals surface area contributed by atoms with E-state index in [2.05, 4.69) is 29.0 Å². The van der Waals surface area contributed by atoms with Crippen LogP contribution in [0.15, 0.2) is 30.5 Å². The van der Waals surface area contributed by atoms with E-state index in [9.17, 15) is 0 Å². The summed E-state index contributed by atoms with van der Waals surface area (Å²) in [5.74, 6) is 1.84. The molecule has 2 heteroatoms. The van der Waals surface area contributed by atoms with Gasteiger partial charge in [-0.05, 0) is 43.0 Å². The summed E-state index contributed by atoms with van der Waals surface area (Å²) in [4.78, 5) is 0. The fraction of sp³-hybridized carbons (Fsp3) is 0.429. The Hall–Kier alpha value is -1.44. The minimum Gasteiger partial charge on any atom is -0.497 e. The van der Waals surface area contributed by atoms with Crippen molar-refractivity contribution < 1.29 is 4.74 Å². The third-order valence-corrected chi connectivity index (χ3v) is 3.66. The molecular formula is C14H17NO. The van der Waals surface area contributed by atoms with E-state index in [1.807, 2.05) is 6.07 Å². The third kappa shape index (κ3) is 1.58. The minimum absolute atomic E-state index is 0.901. The van der Waals surface area contributed by atoms with Gasteiger partial charge in [0.15, 0.2) is 0 Å². The highest BCUT2D eigenvalue weighted by molar-refractivity contribution is 5.81. The van der Waals surface area contributed by atoms with Crippen LogP contribution in [0.2, 0.25) is 0 Å². The maximum absolute atomic E-state index is 5.24. The van der Waals surface area contributed by atoms with Gasteiger partial charge in [-0.2, -0.15) is 0 Å². The Balaban J connectivity index is 1.93. The van der Waals surface area contributed by atoms with Gasteiger partial charge in [0.2, 0.25) is 0 Å². The molecule has 1 heterocycles. The normalized spacial score (nSPS) is 16.3. The molecule has 2 aromatic rings. The van der Waals surface area contributed by atoms with E-state index in [1.165, 1.54) is 36.7 Å². The van der Waals surface area contributed by atoms with Crippen LogP contribution in [-0.2, 0) is 6.54 Å². The summed E-state index contributed by atoms with van der Waals surface area (Å²) in [7, 11) is 1.71. The van der Waals surface area contributed by atoms with Crippen molar-refractivity contribution in [2.45, 2.75) is 25.8 Å². The van der Waals surface area contributed by atoms with Gasteiger partial charge in [0.05, 0.1) is 7.11 Å². The molecule has 1 aliphatic rings. The van der Waals surface area contributed by atoms with Crippen LogP contribution in [0.1, 0.15) is 19.3 Å². The molecule has 0 bridgehead atoms. The number of methoxy groups -OCH3 is 1. The van der Waals surface area contributed by atoms with Crippen LogP contribution in [0.3, 0.4) is 0 Å². The lowest BCUT2D eigenvalue weighted by atomic mass is 9.85. The molecular weight excluding hydrogens is 198 g/mol. The van der Waals surface area contributed by atoms with E-state index in [0.29, 0.717) is 0 Å². The molecule has 0 amide bonds. The van der Waals surface area contributed by atoms with Crippen molar-refractivity contribution in [3.63, 3.8) is 0 Å². The fourth-order valence-electron chi connectivity index (χ4n) is 2.42. The number of fused-ring (bicyclic) bond motifs is 1. The second-order valence-electron chi connectivity index (χ2n) is 4.69. The molecule has 2 nitrogen and oxygen atoms in total. The molecule has 0 spiro atoms. The van der Waals surface area contributed by atoms with Crippen LogP contribution in [0.4, 0.5) is 0 Å². The summed E-state index contributed by atoms with van der Waals surface area (Å²) in [6, 6.07) is 8.48.